The molecule has 152 valence electrons. The minimum atomic E-state index is 0.0704. The van der Waals surface area contributed by atoms with Crippen molar-refractivity contribution in [1.82, 2.24) is 30.0 Å². The summed E-state index contributed by atoms with van der Waals surface area (Å²) in [6.07, 6.45) is 1.79. The standard InChI is InChI=1S/C21H26N6O2/c1-16-15-19(17(2)29-16)21(28)26-13-11-25(12-14-26)10-6-9-20-22-23-24-27(20)18-7-4-3-5-8-18/h3-5,7-8,15H,6,9-14H2,1-2H3. The van der Waals surface area contributed by atoms with E-state index in [2.05, 4.69) is 20.4 Å². The maximum absolute atomic E-state index is 12.7. The van der Waals surface area contributed by atoms with Crippen molar-refractivity contribution in [1.29, 1.82) is 0 Å². The van der Waals surface area contributed by atoms with Crippen molar-refractivity contribution in [2.75, 3.05) is 32.7 Å². The Hall–Kier alpha value is -3.00. The van der Waals surface area contributed by atoms with Crippen molar-refractivity contribution >= 4 is 5.91 Å². The van der Waals surface area contributed by atoms with E-state index in [4.69, 9.17) is 4.42 Å². The molecular formula is C21H26N6O2. The first kappa shape index (κ1) is 19.3. The number of aryl methyl sites for hydroxylation is 3. The maximum Gasteiger partial charge on any atom is 0.257 e. The number of piperazine rings is 1. The van der Waals surface area contributed by atoms with Crippen LogP contribution >= 0.6 is 0 Å². The zero-order chi connectivity index (χ0) is 20.2. The average Bonchev–Trinajstić information content (AvgIpc) is 3.34. The Morgan fingerprint density at radius 3 is 2.55 bits per heavy atom. The Balaban J connectivity index is 1.26. The number of hydrogen-bond donors (Lipinski definition) is 0. The fourth-order valence-corrected chi connectivity index (χ4v) is 3.78. The second-order valence-electron chi connectivity index (χ2n) is 7.41. The molecule has 4 rings (SSSR count). The van der Waals surface area contributed by atoms with Crippen LogP contribution in [-0.2, 0) is 6.42 Å². The molecule has 1 aliphatic heterocycles. The van der Waals surface area contributed by atoms with Crippen LogP contribution in [0.3, 0.4) is 0 Å². The minimum Gasteiger partial charge on any atom is -0.466 e. The highest BCUT2D eigenvalue weighted by Gasteiger charge is 2.24. The topological polar surface area (TPSA) is 80.3 Å². The van der Waals surface area contributed by atoms with E-state index in [0.29, 0.717) is 11.3 Å². The second kappa shape index (κ2) is 8.57. The number of amides is 1. The van der Waals surface area contributed by atoms with Crippen LogP contribution in [0.5, 0.6) is 0 Å². The number of hydrogen-bond acceptors (Lipinski definition) is 6. The monoisotopic (exact) mass is 394 g/mol. The molecule has 1 aromatic carbocycles. The van der Waals surface area contributed by atoms with Crippen LogP contribution in [0, 0.1) is 13.8 Å². The number of para-hydroxylation sites is 1. The lowest BCUT2D eigenvalue weighted by Crippen LogP contribution is -2.48. The summed E-state index contributed by atoms with van der Waals surface area (Å²) >= 11 is 0. The largest absolute Gasteiger partial charge is 0.466 e. The molecule has 29 heavy (non-hydrogen) atoms. The SMILES string of the molecule is Cc1cc(C(=O)N2CCN(CCCc3nnnn3-c3ccccc3)CC2)c(C)o1. The molecule has 0 N–H and O–H groups in total. The molecule has 3 heterocycles. The Labute approximate surface area is 170 Å². The number of carbonyl (C=O) groups is 1. The van der Waals surface area contributed by atoms with E-state index < -0.39 is 0 Å². The average molecular weight is 394 g/mol. The molecule has 1 fully saturated rings. The van der Waals surface area contributed by atoms with E-state index >= 15 is 0 Å². The summed E-state index contributed by atoms with van der Waals surface area (Å²) in [6, 6.07) is 11.8. The summed E-state index contributed by atoms with van der Waals surface area (Å²) in [5.74, 6) is 2.42. The quantitative estimate of drug-likeness (QED) is 0.638. The van der Waals surface area contributed by atoms with Crippen LogP contribution in [0.1, 0.15) is 34.1 Å². The van der Waals surface area contributed by atoms with Crippen molar-refractivity contribution in [3.63, 3.8) is 0 Å². The van der Waals surface area contributed by atoms with Gasteiger partial charge in [-0.3, -0.25) is 9.69 Å². The lowest BCUT2D eigenvalue weighted by molar-refractivity contribution is 0.0634. The van der Waals surface area contributed by atoms with Crippen LogP contribution in [0.25, 0.3) is 5.69 Å². The van der Waals surface area contributed by atoms with Gasteiger partial charge in [0.15, 0.2) is 5.82 Å². The number of carbonyl (C=O) groups excluding carboxylic acids is 1. The zero-order valence-corrected chi connectivity index (χ0v) is 16.9. The molecule has 1 saturated heterocycles. The van der Waals surface area contributed by atoms with Gasteiger partial charge in [0.2, 0.25) is 0 Å². The third kappa shape index (κ3) is 4.37. The Morgan fingerprint density at radius 1 is 1.10 bits per heavy atom. The van der Waals surface area contributed by atoms with Gasteiger partial charge in [-0.1, -0.05) is 18.2 Å². The molecule has 8 nitrogen and oxygen atoms in total. The number of aromatic nitrogens is 4. The van der Waals surface area contributed by atoms with Crippen LogP contribution in [0.2, 0.25) is 0 Å². The van der Waals surface area contributed by atoms with E-state index in [1.807, 2.05) is 55.1 Å². The summed E-state index contributed by atoms with van der Waals surface area (Å²) in [5, 5.41) is 12.1. The molecule has 0 saturated carbocycles. The first-order valence-corrected chi connectivity index (χ1v) is 10.0. The van der Waals surface area contributed by atoms with Gasteiger partial charge < -0.3 is 9.32 Å². The number of tetrazole rings is 1. The van der Waals surface area contributed by atoms with Crippen LogP contribution in [0.4, 0.5) is 0 Å². The fraction of sp³-hybridized carbons (Fsp3) is 0.429. The number of furan rings is 1. The highest BCUT2D eigenvalue weighted by molar-refractivity contribution is 5.95. The van der Waals surface area contributed by atoms with Crippen LogP contribution in [0.15, 0.2) is 40.8 Å². The fourth-order valence-electron chi connectivity index (χ4n) is 3.78. The molecule has 0 radical (unpaired) electrons. The lowest BCUT2D eigenvalue weighted by Gasteiger charge is -2.34. The van der Waals surface area contributed by atoms with Crippen molar-refractivity contribution in [3.8, 4) is 5.69 Å². The van der Waals surface area contributed by atoms with Gasteiger partial charge in [0.25, 0.3) is 5.91 Å². The Kier molecular flexibility index (Phi) is 5.71. The van der Waals surface area contributed by atoms with Gasteiger partial charge in [0, 0.05) is 32.6 Å². The van der Waals surface area contributed by atoms with Gasteiger partial charge in [-0.05, 0) is 55.4 Å². The molecule has 0 spiro atoms. The highest BCUT2D eigenvalue weighted by atomic mass is 16.3. The van der Waals surface area contributed by atoms with E-state index in [0.717, 1.165) is 62.8 Å². The van der Waals surface area contributed by atoms with E-state index in [1.54, 1.807) is 4.68 Å². The lowest BCUT2D eigenvalue weighted by atomic mass is 10.2. The molecular weight excluding hydrogens is 368 g/mol. The summed E-state index contributed by atoms with van der Waals surface area (Å²) in [7, 11) is 0. The Bertz CT molecular complexity index is 957. The smallest absolute Gasteiger partial charge is 0.257 e. The highest BCUT2D eigenvalue weighted by Crippen LogP contribution is 2.17. The van der Waals surface area contributed by atoms with Gasteiger partial charge >= 0.3 is 0 Å². The van der Waals surface area contributed by atoms with Gasteiger partial charge in [-0.2, -0.15) is 4.68 Å². The van der Waals surface area contributed by atoms with Crippen molar-refractivity contribution in [2.45, 2.75) is 26.7 Å². The summed E-state index contributed by atoms with van der Waals surface area (Å²) < 4.78 is 7.30. The Morgan fingerprint density at radius 2 is 1.86 bits per heavy atom. The molecule has 2 aromatic heterocycles. The minimum absolute atomic E-state index is 0.0704. The zero-order valence-electron chi connectivity index (χ0n) is 16.9. The van der Waals surface area contributed by atoms with Gasteiger partial charge in [-0.15, -0.1) is 5.10 Å². The molecule has 8 heteroatoms. The summed E-state index contributed by atoms with van der Waals surface area (Å²) in [4.78, 5) is 17.0. The van der Waals surface area contributed by atoms with Crippen molar-refractivity contribution in [2.24, 2.45) is 0 Å². The molecule has 1 aliphatic rings. The van der Waals surface area contributed by atoms with Crippen molar-refractivity contribution in [3.05, 3.63) is 59.3 Å². The molecule has 0 atom stereocenters. The van der Waals surface area contributed by atoms with Crippen molar-refractivity contribution < 1.29 is 9.21 Å². The molecule has 3 aromatic rings. The maximum atomic E-state index is 12.7. The predicted molar refractivity (Wildman–Crippen MR) is 108 cm³/mol. The van der Waals surface area contributed by atoms with Gasteiger partial charge in [-0.25, -0.2) is 0 Å². The van der Waals surface area contributed by atoms with E-state index in [9.17, 15) is 4.79 Å². The predicted octanol–water partition coefficient (Wildman–Crippen LogP) is 2.26. The van der Waals surface area contributed by atoms with Crippen LogP contribution in [-0.4, -0.2) is 68.6 Å². The third-order valence-corrected chi connectivity index (χ3v) is 5.34. The summed E-state index contributed by atoms with van der Waals surface area (Å²) in [6.45, 7) is 7.92. The van der Waals surface area contributed by atoms with E-state index in [1.165, 1.54) is 0 Å². The van der Waals surface area contributed by atoms with Gasteiger partial charge in [0.05, 0.1) is 11.3 Å². The van der Waals surface area contributed by atoms with E-state index in [-0.39, 0.29) is 5.91 Å². The van der Waals surface area contributed by atoms with Crippen LogP contribution < -0.4 is 0 Å². The summed E-state index contributed by atoms with van der Waals surface area (Å²) in [5.41, 5.74) is 1.66. The normalized spacial score (nSPS) is 15.0. The molecule has 0 unspecified atom stereocenters. The number of rotatable bonds is 6. The molecule has 1 amide bonds. The molecule has 0 aliphatic carbocycles. The number of nitrogens with zero attached hydrogens (tertiary/aromatic N) is 6. The molecule has 0 bridgehead atoms. The first-order valence-electron chi connectivity index (χ1n) is 10.0. The third-order valence-electron chi connectivity index (χ3n) is 5.34. The second-order valence-corrected chi connectivity index (χ2v) is 7.41. The number of benzene rings is 1. The first-order chi connectivity index (χ1) is 14.1. The van der Waals surface area contributed by atoms with Gasteiger partial charge in [0.1, 0.15) is 11.5 Å².